The summed E-state index contributed by atoms with van der Waals surface area (Å²) in [6, 6.07) is 1.95. The van der Waals surface area contributed by atoms with Crippen molar-refractivity contribution in [3.63, 3.8) is 0 Å². The number of hydrazine groups is 1. The minimum absolute atomic E-state index is 0.0681. The minimum Gasteiger partial charge on any atom is -0.464 e. The molecule has 0 atom stereocenters. The predicted octanol–water partition coefficient (Wildman–Crippen LogP) is 2.31. The van der Waals surface area contributed by atoms with Crippen LogP contribution in [0.1, 0.15) is 17.3 Å². The predicted molar refractivity (Wildman–Crippen MR) is 87.0 cm³/mol. The number of ether oxygens (including phenoxy) is 1. The number of amides is 1. The Hall–Kier alpha value is -2.24. The van der Waals surface area contributed by atoms with Crippen molar-refractivity contribution in [3.8, 4) is 0 Å². The van der Waals surface area contributed by atoms with E-state index in [1.165, 1.54) is 6.92 Å². The molecule has 1 aromatic carbocycles. The normalized spacial score (nSPS) is 11.0. The first-order valence-corrected chi connectivity index (χ1v) is 7.56. The minimum atomic E-state index is -1.41. The molecule has 130 valence electrons. The number of rotatable bonds is 6. The Bertz CT molecular complexity index is 709. The van der Waals surface area contributed by atoms with Crippen molar-refractivity contribution >= 4 is 40.4 Å². The van der Waals surface area contributed by atoms with Crippen molar-refractivity contribution in [2.24, 2.45) is 0 Å². The molecule has 0 fully saturated rings. The lowest BCUT2D eigenvalue weighted by Crippen LogP contribution is -2.36. The molecule has 0 saturated carbocycles. The number of benzene rings is 1. The Morgan fingerprint density at radius 1 is 1.38 bits per heavy atom. The van der Waals surface area contributed by atoms with Crippen LogP contribution in [-0.2, 0) is 9.53 Å². The number of ketones is 1. The molecule has 0 unspecified atom stereocenters. The second-order valence-electron chi connectivity index (χ2n) is 4.33. The lowest BCUT2D eigenvalue weighted by atomic mass is 10.0. The third kappa shape index (κ3) is 4.88. The van der Waals surface area contributed by atoms with Gasteiger partial charge in [-0.15, -0.1) is 0 Å². The van der Waals surface area contributed by atoms with Gasteiger partial charge in [-0.3, -0.25) is 10.2 Å². The van der Waals surface area contributed by atoms with Crippen LogP contribution in [-0.4, -0.2) is 41.6 Å². The quantitative estimate of drug-likeness (QED) is 0.100. The molecule has 0 heterocycles. The van der Waals surface area contributed by atoms with E-state index in [2.05, 4.69) is 10.2 Å². The van der Waals surface area contributed by atoms with Crippen LogP contribution in [0.2, 0.25) is 0 Å². The molecule has 1 aromatic rings. The highest BCUT2D eigenvalue weighted by Crippen LogP contribution is 2.20. The van der Waals surface area contributed by atoms with Crippen LogP contribution in [0.15, 0.2) is 23.9 Å². The Balaban J connectivity index is 3.29. The number of nitrogens with zero attached hydrogens (tertiary/aromatic N) is 1. The fourth-order valence-electron chi connectivity index (χ4n) is 1.51. The summed E-state index contributed by atoms with van der Waals surface area (Å²) in [4.78, 5) is 35.0. The zero-order chi connectivity index (χ0) is 18.4. The molecule has 1 amide bonds. The Kier molecular flexibility index (Phi) is 7.07. The smallest absolute Gasteiger partial charge is 0.425 e. The summed E-state index contributed by atoms with van der Waals surface area (Å²) in [7, 11) is 1.11. The summed E-state index contributed by atoms with van der Waals surface area (Å²) in [6.07, 6.45) is -0.639. The van der Waals surface area contributed by atoms with Gasteiger partial charge in [-0.1, -0.05) is 0 Å². The maximum atomic E-state index is 13.9. The van der Waals surface area contributed by atoms with Crippen LogP contribution in [0.3, 0.4) is 0 Å². The molecule has 0 bridgehead atoms. The summed E-state index contributed by atoms with van der Waals surface area (Å²) < 4.78 is 32.3. The molecule has 24 heavy (non-hydrogen) atoms. The van der Waals surface area contributed by atoms with Crippen molar-refractivity contribution in [2.75, 3.05) is 13.7 Å². The zero-order valence-electron chi connectivity index (χ0n) is 12.6. The first-order chi connectivity index (χ1) is 11.2. The van der Waals surface area contributed by atoms with Gasteiger partial charge in [0.1, 0.15) is 5.57 Å². The molecule has 0 radical (unpaired) electrons. The van der Waals surface area contributed by atoms with E-state index >= 15 is 0 Å². The molecule has 2 N–H and O–H groups in total. The van der Waals surface area contributed by atoms with Gasteiger partial charge >= 0.3 is 12.1 Å². The van der Waals surface area contributed by atoms with Crippen LogP contribution in [0.4, 0.5) is 13.6 Å². The summed E-state index contributed by atoms with van der Waals surface area (Å²) in [5, 5.41) is 9.29. The Morgan fingerprint density at radius 2 is 2.00 bits per heavy atom. The molecule has 0 aliphatic heterocycles. The average molecular weight is 454 g/mol. The van der Waals surface area contributed by atoms with Crippen LogP contribution >= 0.6 is 22.6 Å². The highest BCUT2D eigenvalue weighted by molar-refractivity contribution is 14.1. The first-order valence-electron chi connectivity index (χ1n) is 6.48. The highest BCUT2D eigenvalue weighted by atomic mass is 127. The maximum absolute atomic E-state index is 13.9. The third-order valence-electron chi connectivity index (χ3n) is 2.67. The number of hydrogen-bond acceptors (Lipinski definition) is 5. The van der Waals surface area contributed by atoms with Gasteiger partial charge in [0.15, 0.2) is 11.6 Å². The van der Waals surface area contributed by atoms with Crippen molar-refractivity contribution in [3.05, 3.63) is 44.7 Å². The highest BCUT2D eigenvalue weighted by Gasteiger charge is 2.26. The van der Waals surface area contributed by atoms with E-state index in [0.29, 0.717) is 5.01 Å². The van der Waals surface area contributed by atoms with E-state index in [0.717, 1.165) is 25.4 Å². The molecule has 0 aliphatic carbocycles. The largest absolute Gasteiger partial charge is 0.464 e. The second-order valence-corrected chi connectivity index (χ2v) is 5.57. The maximum Gasteiger partial charge on any atom is 0.425 e. The van der Waals surface area contributed by atoms with Gasteiger partial charge in [0, 0.05) is 16.8 Å². The van der Waals surface area contributed by atoms with E-state index in [-0.39, 0.29) is 10.2 Å². The number of halogens is 3. The lowest BCUT2D eigenvalue weighted by Gasteiger charge is -2.14. The standard InChI is InChI=1S/C14H13F2IN2O5/c1-3-24-13(21)9(6-18-19(2)14(22)23)12(20)8-4-7(17)5-10(15)11(8)16/h4-6,18H,3H2,1-2H3,(H,22,23)/b9-6-. The molecular weight excluding hydrogens is 441 g/mol. The zero-order valence-corrected chi connectivity index (χ0v) is 14.8. The van der Waals surface area contributed by atoms with Gasteiger partial charge in [0.05, 0.1) is 12.2 Å². The molecule has 10 heteroatoms. The number of hydrogen-bond donors (Lipinski definition) is 2. The molecular formula is C14H13F2IN2O5. The van der Waals surface area contributed by atoms with Crippen molar-refractivity contribution in [1.82, 2.24) is 10.4 Å². The van der Waals surface area contributed by atoms with Gasteiger partial charge in [-0.05, 0) is 41.6 Å². The van der Waals surface area contributed by atoms with Crippen molar-refractivity contribution < 1.29 is 33.0 Å². The summed E-state index contributed by atoms with van der Waals surface area (Å²) >= 11 is 1.68. The molecule has 1 rings (SSSR count). The number of Topliss-reactive ketones (excluding diaryl/α,β-unsaturated/α-hetero) is 1. The first kappa shape index (κ1) is 19.8. The van der Waals surface area contributed by atoms with Gasteiger partial charge < -0.3 is 9.84 Å². The molecule has 0 spiro atoms. The lowest BCUT2D eigenvalue weighted by molar-refractivity contribution is -0.138. The third-order valence-corrected chi connectivity index (χ3v) is 3.29. The summed E-state index contributed by atoms with van der Waals surface area (Å²) in [6.45, 7) is 1.42. The number of esters is 1. The molecule has 0 aliphatic rings. The second kappa shape index (κ2) is 8.57. The van der Waals surface area contributed by atoms with Crippen LogP contribution in [0, 0.1) is 15.2 Å². The number of carbonyl (C=O) groups excluding carboxylic acids is 2. The molecule has 0 saturated heterocycles. The summed E-state index contributed by atoms with van der Waals surface area (Å²) in [5.74, 6) is -4.91. The fourth-order valence-corrected chi connectivity index (χ4v) is 2.09. The number of carboxylic acid groups (broad SMARTS) is 1. The van der Waals surface area contributed by atoms with Crippen molar-refractivity contribution in [2.45, 2.75) is 6.92 Å². The van der Waals surface area contributed by atoms with Crippen LogP contribution in [0.25, 0.3) is 0 Å². The van der Waals surface area contributed by atoms with Crippen molar-refractivity contribution in [1.29, 1.82) is 0 Å². The van der Waals surface area contributed by atoms with E-state index in [9.17, 15) is 23.2 Å². The number of carbonyl (C=O) groups is 3. The topological polar surface area (TPSA) is 95.9 Å². The van der Waals surface area contributed by atoms with E-state index in [1.807, 2.05) is 0 Å². The van der Waals surface area contributed by atoms with Crippen LogP contribution in [0.5, 0.6) is 0 Å². The summed E-state index contributed by atoms with van der Waals surface area (Å²) in [5.41, 5.74) is 0.809. The van der Waals surface area contributed by atoms with E-state index < -0.39 is 40.6 Å². The Labute approximate surface area is 149 Å². The van der Waals surface area contributed by atoms with E-state index in [4.69, 9.17) is 5.11 Å². The SMILES string of the molecule is CCOC(=O)/C(=C\NN(C)C(=O)O)C(=O)c1cc(I)cc(F)c1F. The van der Waals surface area contributed by atoms with Gasteiger partial charge in [0.25, 0.3) is 0 Å². The van der Waals surface area contributed by atoms with Gasteiger partial charge in [-0.2, -0.15) is 0 Å². The fraction of sp³-hybridized carbons (Fsp3) is 0.214. The van der Waals surface area contributed by atoms with Gasteiger partial charge in [0.2, 0.25) is 5.78 Å². The monoisotopic (exact) mass is 454 g/mol. The molecule has 7 nitrogen and oxygen atoms in total. The number of nitrogens with one attached hydrogen (secondary N) is 1. The molecule has 0 aromatic heterocycles. The van der Waals surface area contributed by atoms with Gasteiger partial charge in [-0.25, -0.2) is 23.4 Å². The average Bonchev–Trinajstić information content (AvgIpc) is 2.50. The van der Waals surface area contributed by atoms with Crippen LogP contribution < -0.4 is 5.43 Å². The van der Waals surface area contributed by atoms with E-state index in [1.54, 1.807) is 22.6 Å². The Morgan fingerprint density at radius 3 is 2.54 bits per heavy atom.